The lowest BCUT2D eigenvalue weighted by molar-refractivity contribution is 0.503. The van der Waals surface area contributed by atoms with Gasteiger partial charge in [0.05, 0.1) is 5.69 Å². The van der Waals surface area contributed by atoms with Gasteiger partial charge in [-0.25, -0.2) is 4.98 Å². The minimum atomic E-state index is 0.398. The normalized spacial score (nSPS) is 14.6. The van der Waals surface area contributed by atoms with E-state index in [1.807, 2.05) is 11.3 Å². The number of aryl methyl sites for hydroxylation is 1. The highest BCUT2D eigenvalue weighted by Gasteiger charge is 2.19. The Morgan fingerprint density at radius 1 is 1.25 bits per heavy atom. The van der Waals surface area contributed by atoms with Gasteiger partial charge in [-0.2, -0.15) is 0 Å². The van der Waals surface area contributed by atoms with Gasteiger partial charge < -0.3 is 10.2 Å². The second kappa shape index (κ2) is 7.99. The number of aromatic nitrogens is 1. The second-order valence-electron chi connectivity index (χ2n) is 6.21. The molecule has 4 heteroatoms. The molecular formula is C16H31N3S. The Morgan fingerprint density at radius 2 is 1.90 bits per heavy atom. The molecule has 1 N–H and O–H groups in total. The summed E-state index contributed by atoms with van der Waals surface area (Å²) in [6.07, 6.45) is 2.37. The van der Waals surface area contributed by atoms with Crippen LogP contribution in [-0.2, 0) is 0 Å². The van der Waals surface area contributed by atoms with Crippen LogP contribution in [0.1, 0.15) is 64.1 Å². The van der Waals surface area contributed by atoms with Crippen LogP contribution >= 0.6 is 11.3 Å². The molecule has 116 valence electrons. The molecule has 2 unspecified atom stereocenters. The van der Waals surface area contributed by atoms with Gasteiger partial charge in [-0.05, 0) is 46.1 Å². The first-order valence-corrected chi connectivity index (χ1v) is 8.61. The maximum Gasteiger partial charge on any atom is 0.185 e. The molecule has 20 heavy (non-hydrogen) atoms. The third-order valence-corrected chi connectivity index (χ3v) is 5.12. The molecule has 1 aromatic heterocycles. The van der Waals surface area contributed by atoms with Crippen molar-refractivity contribution in [1.82, 2.24) is 10.3 Å². The number of nitrogens with zero attached hydrogens (tertiary/aromatic N) is 2. The Hall–Kier alpha value is -0.610. The molecule has 0 saturated heterocycles. The Bertz CT molecular complexity index is 400. The summed E-state index contributed by atoms with van der Waals surface area (Å²) in [5.41, 5.74) is 1.17. The van der Waals surface area contributed by atoms with Crippen molar-refractivity contribution in [2.75, 3.05) is 18.5 Å². The van der Waals surface area contributed by atoms with E-state index in [4.69, 9.17) is 4.98 Å². The second-order valence-corrected chi connectivity index (χ2v) is 7.22. The van der Waals surface area contributed by atoms with Crippen LogP contribution in [-0.4, -0.2) is 24.6 Å². The van der Waals surface area contributed by atoms with Crippen LogP contribution < -0.4 is 10.2 Å². The van der Waals surface area contributed by atoms with Gasteiger partial charge in [0.1, 0.15) is 0 Å². The zero-order valence-corrected chi connectivity index (χ0v) is 15.0. The van der Waals surface area contributed by atoms with Crippen molar-refractivity contribution in [3.8, 4) is 0 Å². The smallest absolute Gasteiger partial charge is 0.185 e. The van der Waals surface area contributed by atoms with Crippen molar-refractivity contribution < 1.29 is 0 Å². The van der Waals surface area contributed by atoms with Crippen LogP contribution in [0.15, 0.2) is 0 Å². The van der Waals surface area contributed by atoms with Crippen molar-refractivity contribution >= 4 is 16.5 Å². The summed E-state index contributed by atoms with van der Waals surface area (Å²) in [6, 6.07) is 0.933. The van der Waals surface area contributed by atoms with Crippen LogP contribution in [0.4, 0.5) is 5.13 Å². The van der Waals surface area contributed by atoms with Gasteiger partial charge in [-0.15, -0.1) is 11.3 Å². The quantitative estimate of drug-likeness (QED) is 0.771. The summed E-state index contributed by atoms with van der Waals surface area (Å²) in [7, 11) is 2.17. The molecule has 1 aromatic rings. The number of rotatable bonds is 8. The first-order chi connectivity index (χ1) is 9.36. The number of hydrogen-bond donors (Lipinski definition) is 1. The summed E-state index contributed by atoms with van der Waals surface area (Å²) >= 11 is 1.83. The van der Waals surface area contributed by atoms with E-state index in [-0.39, 0.29) is 0 Å². The van der Waals surface area contributed by atoms with E-state index in [2.05, 4.69) is 58.8 Å². The third kappa shape index (κ3) is 4.74. The molecule has 0 aliphatic heterocycles. The Labute approximate surface area is 128 Å². The van der Waals surface area contributed by atoms with Crippen molar-refractivity contribution in [3.05, 3.63) is 10.6 Å². The van der Waals surface area contributed by atoms with Gasteiger partial charge in [0.2, 0.25) is 0 Å². The summed E-state index contributed by atoms with van der Waals surface area (Å²) in [4.78, 5) is 8.47. The summed E-state index contributed by atoms with van der Waals surface area (Å²) < 4.78 is 0. The Kier molecular flexibility index (Phi) is 6.96. The largest absolute Gasteiger partial charge is 0.348 e. The minimum absolute atomic E-state index is 0.398. The SMILES string of the molecule is CCCNC(C)c1sc(N(C)C(C)CC(C)C)nc1C. The van der Waals surface area contributed by atoms with Gasteiger partial charge >= 0.3 is 0 Å². The number of nitrogens with one attached hydrogen (secondary N) is 1. The number of thiazole rings is 1. The molecule has 0 bridgehead atoms. The average molecular weight is 298 g/mol. The summed E-state index contributed by atoms with van der Waals surface area (Å²) in [5.74, 6) is 0.720. The maximum absolute atomic E-state index is 4.77. The fourth-order valence-electron chi connectivity index (χ4n) is 2.43. The molecule has 0 spiro atoms. The van der Waals surface area contributed by atoms with Crippen LogP contribution in [0.5, 0.6) is 0 Å². The zero-order chi connectivity index (χ0) is 15.3. The maximum atomic E-state index is 4.77. The fourth-order valence-corrected chi connectivity index (χ4v) is 3.59. The van der Waals surface area contributed by atoms with Crippen molar-refractivity contribution in [2.24, 2.45) is 5.92 Å². The van der Waals surface area contributed by atoms with E-state index in [1.54, 1.807) is 0 Å². The molecule has 0 amide bonds. The van der Waals surface area contributed by atoms with Crippen LogP contribution in [0.25, 0.3) is 0 Å². The Morgan fingerprint density at radius 3 is 2.45 bits per heavy atom. The standard InChI is InChI=1S/C16H31N3S/c1-8-9-17-13(5)15-14(6)18-16(20-15)19(7)12(4)10-11(2)3/h11-13,17H,8-10H2,1-7H3. The first-order valence-electron chi connectivity index (χ1n) is 7.80. The number of anilines is 1. The highest BCUT2D eigenvalue weighted by Crippen LogP contribution is 2.31. The van der Waals surface area contributed by atoms with Crippen molar-refractivity contribution in [1.29, 1.82) is 0 Å². The molecule has 0 radical (unpaired) electrons. The molecule has 3 nitrogen and oxygen atoms in total. The average Bonchev–Trinajstić information content (AvgIpc) is 2.76. The minimum Gasteiger partial charge on any atom is -0.348 e. The molecule has 0 fully saturated rings. The monoisotopic (exact) mass is 297 g/mol. The van der Waals surface area contributed by atoms with E-state index in [0.717, 1.165) is 17.6 Å². The van der Waals surface area contributed by atoms with Crippen molar-refractivity contribution in [2.45, 2.75) is 66.5 Å². The number of hydrogen-bond acceptors (Lipinski definition) is 4. The highest BCUT2D eigenvalue weighted by atomic mass is 32.1. The van der Waals surface area contributed by atoms with E-state index in [1.165, 1.54) is 23.4 Å². The van der Waals surface area contributed by atoms with E-state index in [9.17, 15) is 0 Å². The molecule has 1 heterocycles. The van der Waals surface area contributed by atoms with Gasteiger partial charge in [-0.3, -0.25) is 0 Å². The van der Waals surface area contributed by atoms with Gasteiger partial charge in [0, 0.05) is 24.0 Å². The first kappa shape index (κ1) is 17.4. The Balaban J connectivity index is 2.77. The van der Waals surface area contributed by atoms with Crippen LogP contribution in [0.3, 0.4) is 0 Å². The topological polar surface area (TPSA) is 28.2 Å². The van der Waals surface area contributed by atoms with Crippen LogP contribution in [0.2, 0.25) is 0 Å². The van der Waals surface area contributed by atoms with E-state index in [0.29, 0.717) is 12.1 Å². The summed E-state index contributed by atoms with van der Waals surface area (Å²) in [6.45, 7) is 14.5. The molecule has 1 rings (SSSR count). The van der Waals surface area contributed by atoms with Gasteiger partial charge in [0.25, 0.3) is 0 Å². The predicted octanol–water partition coefficient (Wildman–Crippen LogP) is 4.38. The lowest BCUT2D eigenvalue weighted by Gasteiger charge is -2.25. The molecule has 0 aliphatic carbocycles. The molecule has 2 atom stereocenters. The molecule has 0 saturated carbocycles. The zero-order valence-electron chi connectivity index (χ0n) is 14.2. The lowest BCUT2D eigenvalue weighted by atomic mass is 10.0. The molecular weight excluding hydrogens is 266 g/mol. The van der Waals surface area contributed by atoms with Gasteiger partial charge in [-0.1, -0.05) is 20.8 Å². The van der Waals surface area contributed by atoms with Crippen molar-refractivity contribution in [3.63, 3.8) is 0 Å². The van der Waals surface area contributed by atoms with E-state index < -0.39 is 0 Å². The predicted molar refractivity (Wildman–Crippen MR) is 90.9 cm³/mol. The lowest BCUT2D eigenvalue weighted by Crippen LogP contribution is -2.29. The fraction of sp³-hybridized carbons (Fsp3) is 0.812. The molecule has 0 aliphatic rings. The molecule has 0 aromatic carbocycles. The highest BCUT2D eigenvalue weighted by molar-refractivity contribution is 7.15. The van der Waals surface area contributed by atoms with E-state index >= 15 is 0 Å². The third-order valence-electron chi connectivity index (χ3n) is 3.69. The summed E-state index contributed by atoms with van der Waals surface area (Å²) in [5, 5.41) is 4.70. The van der Waals surface area contributed by atoms with Crippen LogP contribution in [0, 0.1) is 12.8 Å². The van der Waals surface area contributed by atoms with Gasteiger partial charge in [0.15, 0.2) is 5.13 Å².